The molecule has 2 aromatic rings. The third kappa shape index (κ3) is 4.18. The van der Waals surface area contributed by atoms with Gasteiger partial charge in [-0.05, 0) is 17.7 Å². The second kappa shape index (κ2) is 7.90. The van der Waals surface area contributed by atoms with E-state index in [1.165, 1.54) is 5.56 Å². The van der Waals surface area contributed by atoms with E-state index >= 15 is 0 Å². The van der Waals surface area contributed by atoms with Crippen LogP contribution in [0.1, 0.15) is 22.0 Å². The molecule has 1 saturated heterocycles. The number of hydrogen-bond acceptors (Lipinski definition) is 3. The molecule has 1 unspecified atom stereocenters. The molecule has 3 rings (SSSR count). The predicted octanol–water partition coefficient (Wildman–Crippen LogP) is 2.49. The van der Waals surface area contributed by atoms with E-state index in [1.807, 2.05) is 48.5 Å². The van der Waals surface area contributed by atoms with Gasteiger partial charge in [0.2, 0.25) is 0 Å². The van der Waals surface area contributed by atoms with Crippen LogP contribution in [0, 0.1) is 0 Å². The quantitative estimate of drug-likeness (QED) is 0.922. The monoisotopic (exact) mass is 310 g/mol. The smallest absolute Gasteiger partial charge is 0.251 e. The van der Waals surface area contributed by atoms with Crippen molar-refractivity contribution in [3.63, 3.8) is 0 Å². The lowest BCUT2D eigenvalue weighted by Gasteiger charge is -2.35. The summed E-state index contributed by atoms with van der Waals surface area (Å²) in [5.41, 5.74) is 1.92. The van der Waals surface area contributed by atoms with E-state index in [2.05, 4.69) is 22.3 Å². The van der Waals surface area contributed by atoms with Gasteiger partial charge in [-0.1, -0.05) is 48.5 Å². The Morgan fingerprint density at radius 1 is 1.00 bits per heavy atom. The Hall–Kier alpha value is -2.17. The van der Waals surface area contributed by atoms with Crippen molar-refractivity contribution in [1.29, 1.82) is 0 Å². The molecule has 1 heterocycles. The van der Waals surface area contributed by atoms with Crippen LogP contribution in [0.4, 0.5) is 0 Å². The van der Waals surface area contributed by atoms with Crippen molar-refractivity contribution >= 4 is 5.91 Å². The molecule has 4 heteroatoms. The molecule has 1 amide bonds. The van der Waals surface area contributed by atoms with Crippen LogP contribution in [0.2, 0.25) is 0 Å². The highest BCUT2D eigenvalue weighted by atomic mass is 16.5. The molecule has 1 fully saturated rings. The number of hydrogen-bond donors (Lipinski definition) is 1. The van der Waals surface area contributed by atoms with Crippen molar-refractivity contribution < 1.29 is 9.53 Å². The van der Waals surface area contributed by atoms with Crippen LogP contribution >= 0.6 is 0 Å². The first-order chi connectivity index (χ1) is 11.3. The lowest BCUT2D eigenvalue weighted by atomic mass is 10.0. The van der Waals surface area contributed by atoms with E-state index in [0.29, 0.717) is 12.1 Å². The zero-order valence-electron chi connectivity index (χ0n) is 13.2. The predicted molar refractivity (Wildman–Crippen MR) is 90.4 cm³/mol. The number of morpholine rings is 1. The summed E-state index contributed by atoms with van der Waals surface area (Å²) >= 11 is 0. The van der Waals surface area contributed by atoms with E-state index in [4.69, 9.17) is 4.74 Å². The third-order valence-electron chi connectivity index (χ3n) is 4.16. The first kappa shape index (κ1) is 15.7. The van der Waals surface area contributed by atoms with Crippen molar-refractivity contribution in [1.82, 2.24) is 10.2 Å². The largest absolute Gasteiger partial charge is 0.379 e. The lowest BCUT2D eigenvalue weighted by molar-refractivity contribution is 0.0162. The summed E-state index contributed by atoms with van der Waals surface area (Å²) in [5, 5.41) is 3.07. The molecule has 120 valence electrons. The van der Waals surface area contributed by atoms with Crippen LogP contribution in [-0.4, -0.2) is 43.7 Å². The number of ether oxygens (including phenoxy) is 1. The van der Waals surface area contributed by atoms with Gasteiger partial charge in [0.25, 0.3) is 5.91 Å². The molecule has 2 aromatic carbocycles. The first-order valence-electron chi connectivity index (χ1n) is 8.04. The number of carbonyl (C=O) groups is 1. The summed E-state index contributed by atoms with van der Waals surface area (Å²) in [4.78, 5) is 14.7. The molecule has 0 radical (unpaired) electrons. The molecule has 1 N–H and O–H groups in total. The van der Waals surface area contributed by atoms with Gasteiger partial charge in [0.05, 0.1) is 19.3 Å². The minimum atomic E-state index is -0.0280. The summed E-state index contributed by atoms with van der Waals surface area (Å²) in [7, 11) is 0. The highest BCUT2D eigenvalue weighted by Crippen LogP contribution is 2.21. The number of carbonyl (C=O) groups excluding carboxylic acids is 1. The van der Waals surface area contributed by atoms with Gasteiger partial charge in [0.1, 0.15) is 0 Å². The van der Waals surface area contributed by atoms with Crippen molar-refractivity contribution in [3.05, 3.63) is 71.8 Å². The molecule has 0 spiro atoms. The Morgan fingerprint density at radius 2 is 1.61 bits per heavy atom. The van der Waals surface area contributed by atoms with Crippen LogP contribution in [0.3, 0.4) is 0 Å². The highest BCUT2D eigenvalue weighted by Gasteiger charge is 2.23. The molecule has 0 saturated carbocycles. The molecular formula is C19H22N2O2. The maximum Gasteiger partial charge on any atom is 0.251 e. The maximum absolute atomic E-state index is 12.3. The molecule has 23 heavy (non-hydrogen) atoms. The minimum absolute atomic E-state index is 0.0280. The standard InChI is InChI=1S/C19H22N2O2/c22-19(17-9-5-2-6-10-17)20-15-18(16-7-3-1-4-8-16)21-11-13-23-14-12-21/h1-10,18H,11-15H2,(H,20,22). The first-order valence-corrected chi connectivity index (χ1v) is 8.04. The van der Waals surface area contributed by atoms with Gasteiger partial charge in [0, 0.05) is 25.2 Å². The fraction of sp³-hybridized carbons (Fsp3) is 0.316. The second-order valence-corrected chi connectivity index (χ2v) is 5.65. The Bertz CT molecular complexity index is 610. The number of nitrogens with zero attached hydrogens (tertiary/aromatic N) is 1. The number of amides is 1. The molecule has 1 aliphatic rings. The normalized spacial score (nSPS) is 16.7. The molecule has 1 aliphatic heterocycles. The Morgan fingerprint density at radius 3 is 2.26 bits per heavy atom. The topological polar surface area (TPSA) is 41.6 Å². The van der Waals surface area contributed by atoms with Crippen molar-refractivity contribution in [2.24, 2.45) is 0 Å². The van der Waals surface area contributed by atoms with Gasteiger partial charge < -0.3 is 10.1 Å². The van der Waals surface area contributed by atoms with E-state index in [0.717, 1.165) is 26.3 Å². The van der Waals surface area contributed by atoms with Gasteiger partial charge in [-0.25, -0.2) is 0 Å². The van der Waals surface area contributed by atoms with Gasteiger partial charge in [0.15, 0.2) is 0 Å². The summed E-state index contributed by atoms with van der Waals surface area (Å²) in [6.45, 7) is 3.87. The summed E-state index contributed by atoms with van der Waals surface area (Å²) in [6.07, 6.45) is 0. The zero-order valence-corrected chi connectivity index (χ0v) is 13.2. The van der Waals surface area contributed by atoms with Crippen molar-refractivity contribution in [2.75, 3.05) is 32.8 Å². The summed E-state index contributed by atoms with van der Waals surface area (Å²) in [6, 6.07) is 19.9. The van der Waals surface area contributed by atoms with Crippen LogP contribution in [0.15, 0.2) is 60.7 Å². The molecule has 4 nitrogen and oxygen atoms in total. The number of benzene rings is 2. The van der Waals surface area contributed by atoms with Crippen LogP contribution in [0.5, 0.6) is 0 Å². The number of nitrogens with one attached hydrogen (secondary N) is 1. The summed E-state index contributed by atoms with van der Waals surface area (Å²) in [5.74, 6) is -0.0280. The summed E-state index contributed by atoms with van der Waals surface area (Å²) < 4.78 is 5.45. The van der Waals surface area contributed by atoms with Gasteiger partial charge >= 0.3 is 0 Å². The lowest BCUT2D eigenvalue weighted by Crippen LogP contribution is -2.43. The minimum Gasteiger partial charge on any atom is -0.379 e. The van der Waals surface area contributed by atoms with Gasteiger partial charge in [-0.15, -0.1) is 0 Å². The molecular weight excluding hydrogens is 288 g/mol. The van der Waals surface area contributed by atoms with E-state index in [1.54, 1.807) is 0 Å². The Labute approximate surface area is 137 Å². The SMILES string of the molecule is O=C(NCC(c1ccccc1)N1CCOCC1)c1ccccc1. The van der Waals surface area contributed by atoms with Crippen LogP contribution in [0.25, 0.3) is 0 Å². The van der Waals surface area contributed by atoms with Crippen molar-refractivity contribution in [3.8, 4) is 0 Å². The molecule has 0 bridgehead atoms. The third-order valence-corrected chi connectivity index (χ3v) is 4.16. The number of rotatable bonds is 5. The maximum atomic E-state index is 12.3. The highest BCUT2D eigenvalue weighted by molar-refractivity contribution is 5.94. The Kier molecular flexibility index (Phi) is 5.40. The fourth-order valence-electron chi connectivity index (χ4n) is 2.90. The molecule has 0 aromatic heterocycles. The second-order valence-electron chi connectivity index (χ2n) is 5.65. The van der Waals surface area contributed by atoms with E-state index in [-0.39, 0.29) is 11.9 Å². The molecule has 0 aliphatic carbocycles. The van der Waals surface area contributed by atoms with Gasteiger partial charge in [-0.2, -0.15) is 0 Å². The zero-order chi connectivity index (χ0) is 15.9. The van der Waals surface area contributed by atoms with Gasteiger partial charge in [-0.3, -0.25) is 9.69 Å². The van der Waals surface area contributed by atoms with Crippen LogP contribution < -0.4 is 5.32 Å². The average Bonchev–Trinajstić information content (AvgIpc) is 2.64. The fourth-order valence-corrected chi connectivity index (χ4v) is 2.90. The Balaban J connectivity index is 1.70. The van der Waals surface area contributed by atoms with Crippen LogP contribution in [-0.2, 0) is 4.74 Å². The van der Waals surface area contributed by atoms with Crippen molar-refractivity contribution in [2.45, 2.75) is 6.04 Å². The average molecular weight is 310 g/mol. The van der Waals surface area contributed by atoms with E-state index in [9.17, 15) is 4.79 Å². The van der Waals surface area contributed by atoms with E-state index < -0.39 is 0 Å². The molecule has 1 atom stereocenters.